The number of carbonyl (C=O) groups excluding carboxylic acids is 1. The Kier molecular flexibility index (Phi) is 6.21. The summed E-state index contributed by atoms with van der Waals surface area (Å²) in [6.45, 7) is 7.30. The van der Waals surface area contributed by atoms with Crippen LogP contribution in [0.4, 0.5) is 0 Å². The third-order valence-electron chi connectivity index (χ3n) is 3.22. The molecule has 0 unspecified atom stereocenters. The van der Waals surface area contributed by atoms with Crippen LogP contribution in [0.15, 0.2) is 41.1 Å². The topological polar surface area (TPSA) is 56.1 Å². The first-order valence-electron chi connectivity index (χ1n) is 7.67. The number of halogens is 1. The summed E-state index contributed by atoms with van der Waals surface area (Å²) in [6, 6.07) is 7.33. The molecule has 1 N–H and O–H groups in total. The molecular weight excluding hydrogens is 358 g/mol. The number of carbonyl (C=O) groups is 1. The smallest absolute Gasteiger partial charge is 0.255 e. The lowest BCUT2D eigenvalue weighted by atomic mass is 10.1. The fourth-order valence-corrected chi connectivity index (χ4v) is 2.53. The van der Waals surface area contributed by atoms with Gasteiger partial charge in [-0.05, 0) is 44.0 Å². The molecule has 6 heteroatoms. The van der Waals surface area contributed by atoms with Gasteiger partial charge in [0.15, 0.2) is 0 Å². The maximum absolute atomic E-state index is 12.4. The highest BCUT2D eigenvalue weighted by atomic mass is 79.9. The number of amides is 1. The number of benzene rings is 1. The molecule has 23 heavy (non-hydrogen) atoms. The van der Waals surface area contributed by atoms with E-state index < -0.39 is 0 Å². The van der Waals surface area contributed by atoms with E-state index >= 15 is 0 Å². The van der Waals surface area contributed by atoms with Crippen molar-refractivity contribution < 1.29 is 9.53 Å². The second kappa shape index (κ2) is 8.15. The van der Waals surface area contributed by atoms with Crippen molar-refractivity contribution >= 4 is 21.8 Å². The van der Waals surface area contributed by atoms with Gasteiger partial charge >= 0.3 is 0 Å². The minimum absolute atomic E-state index is 0.00888. The van der Waals surface area contributed by atoms with Gasteiger partial charge in [0.1, 0.15) is 5.75 Å². The van der Waals surface area contributed by atoms with Gasteiger partial charge in [-0.25, -0.2) is 0 Å². The molecule has 1 heterocycles. The Bertz CT molecular complexity index is 641. The van der Waals surface area contributed by atoms with Gasteiger partial charge in [0.2, 0.25) is 0 Å². The van der Waals surface area contributed by atoms with Crippen LogP contribution in [-0.4, -0.2) is 28.3 Å². The van der Waals surface area contributed by atoms with Crippen molar-refractivity contribution in [3.8, 4) is 5.75 Å². The third kappa shape index (κ3) is 5.39. The maximum atomic E-state index is 12.4. The molecule has 5 nitrogen and oxygen atoms in total. The second-order valence-corrected chi connectivity index (χ2v) is 6.77. The van der Waals surface area contributed by atoms with Crippen molar-refractivity contribution in [1.29, 1.82) is 0 Å². The van der Waals surface area contributed by atoms with Gasteiger partial charge in [-0.3, -0.25) is 9.48 Å². The zero-order valence-electron chi connectivity index (χ0n) is 13.6. The molecular formula is C17H22BrN3O2. The van der Waals surface area contributed by atoms with Gasteiger partial charge in [0.05, 0.1) is 11.7 Å². The summed E-state index contributed by atoms with van der Waals surface area (Å²) in [5.74, 6) is 0.746. The molecule has 1 amide bonds. The zero-order valence-corrected chi connectivity index (χ0v) is 15.2. The number of nitrogens with one attached hydrogen (secondary N) is 1. The van der Waals surface area contributed by atoms with Crippen LogP contribution in [0, 0.1) is 5.92 Å². The molecule has 2 rings (SSSR count). The van der Waals surface area contributed by atoms with E-state index in [0.717, 1.165) is 11.0 Å². The third-order valence-corrected chi connectivity index (χ3v) is 3.71. The SMILES string of the molecule is CC(C)Oc1cc(Br)ccc1C(=O)NC[C@@H](C)Cn1cccn1. The molecule has 0 saturated heterocycles. The van der Waals surface area contributed by atoms with Crippen LogP contribution < -0.4 is 10.1 Å². The van der Waals surface area contributed by atoms with Crippen molar-refractivity contribution in [3.05, 3.63) is 46.7 Å². The highest BCUT2D eigenvalue weighted by Crippen LogP contribution is 2.24. The predicted molar refractivity (Wildman–Crippen MR) is 93.6 cm³/mol. The number of hydrogen-bond donors (Lipinski definition) is 1. The minimum Gasteiger partial charge on any atom is -0.490 e. The first-order valence-corrected chi connectivity index (χ1v) is 8.47. The molecule has 2 aromatic rings. The summed E-state index contributed by atoms with van der Waals surface area (Å²) in [5, 5.41) is 7.15. The van der Waals surface area contributed by atoms with Crippen molar-refractivity contribution in [2.24, 2.45) is 5.92 Å². The molecule has 0 radical (unpaired) electrons. The average molecular weight is 380 g/mol. The van der Waals surface area contributed by atoms with E-state index in [4.69, 9.17) is 4.74 Å². The number of aromatic nitrogens is 2. The Hall–Kier alpha value is -1.82. The predicted octanol–water partition coefficient (Wildman–Crippen LogP) is 3.50. The zero-order chi connectivity index (χ0) is 16.8. The summed E-state index contributed by atoms with van der Waals surface area (Å²) in [5.41, 5.74) is 0.549. The lowest BCUT2D eigenvalue weighted by Crippen LogP contribution is -2.30. The normalized spacial score (nSPS) is 12.2. The van der Waals surface area contributed by atoms with Crippen LogP contribution in [0.25, 0.3) is 0 Å². The largest absolute Gasteiger partial charge is 0.490 e. The summed E-state index contributed by atoms with van der Waals surface area (Å²) in [4.78, 5) is 12.4. The van der Waals surface area contributed by atoms with Crippen LogP contribution in [0.1, 0.15) is 31.1 Å². The molecule has 0 aliphatic carbocycles. The molecule has 0 aliphatic heterocycles. The lowest BCUT2D eigenvalue weighted by Gasteiger charge is -2.16. The fourth-order valence-electron chi connectivity index (χ4n) is 2.19. The number of hydrogen-bond acceptors (Lipinski definition) is 3. The van der Waals surface area contributed by atoms with Crippen LogP contribution in [0.2, 0.25) is 0 Å². The molecule has 124 valence electrons. The average Bonchev–Trinajstić information content (AvgIpc) is 2.97. The summed E-state index contributed by atoms with van der Waals surface area (Å²) >= 11 is 3.41. The van der Waals surface area contributed by atoms with Gasteiger partial charge < -0.3 is 10.1 Å². The van der Waals surface area contributed by atoms with Gasteiger partial charge in [-0.1, -0.05) is 22.9 Å². The quantitative estimate of drug-likeness (QED) is 0.800. The second-order valence-electron chi connectivity index (χ2n) is 5.85. The summed E-state index contributed by atoms with van der Waals surface area (Å²) in [7, 11) is 0. The fraction of sp³-hybridized carbons (Fsp3) is 0.412. The summed E-state index contributed by atoms with van der Waals surface area (Å²) in [6.07, 6.45) is 3.68. The monoisotopic (exact) mass is 379 g/mol. The Labute approximate surface area is 145 Å². The maximum Gasteiger partial charge on any atom is 0.255 e. The van der Waals surface area contributed by atoms with E-state index in [9.17, 15) is 4.79 Å². The molecule has 0 aliphatic rings. The molecule has 0 saturated carbocycles. The van der Waals surface area contributed by atoms with Gasteiger partial charge in [0.25, 0.3) is 5.91 Å². The standard InChI is InChI=1S/C17H22BrN3O2/c1-12(2)23-16-9-14(18)5-6-15(16)17(22)19-10-13(3)11-21-8-4-7-20-21/h4-9,12-13H,10-11H2,1-3H3,(H,19,22)/t13-/m1/s1. The molecule has 0 fully saturated rings. The number of ether oxygens (including phenoxy) is 1. The van der Waals surface area contributed by atoms with E-state index in [2.05, 4.69) is 33.3 Å². The van der Waals surface area contributed by atoms with Crippen molar-refractivity contribution in [2.75, 3.05) is 6.54 Å². The van der Waals surface area contributed by atoms with Crippen molar-refractivity contribution in [3.63, 3.8) is 0 Å². The highest BCUT2D eigenvalue weighted by Gasteiger charge is 2.15. The number of rotatable bonds is 7. The van der Waals surface area contributed by atoms with E-state index in [0.29, 0.717) is 17.9 Å². The van der Waals surface area contributed by atoms with Crippen molar-refractivity contribution in [1.82, 2.24) is 15.1 Å². The molecule has 0 bridgehead atoms. The van der Waals surface area contributed by atoms with E-state index in [1.807, 2.05) is 42.9 Å². The van der Waals surface area contributed by atoms with Gasteiger partial charge in [0, 0.05) is 30.0 Å². The van der Waals surface area contributed by atoms with Gasteiger partial charge in [-0.2, -0.15) is 5.10 Å². The van der Waals surface area contributed by atoms with E-state index in [-0.39, 0.29) is 17.9 Å². The first-order chi connectivity index (χ1) is 11.0. The van der Waals surface area contributed by atoms with E-state index in [1.165, 1.54) is 0 Å². The molecule has 1 aromatic carbocycles. The minimum atomic E-state index is -0.125. The number of nitrogens with zero attached hydrogens (tertiary/aromatic N) is 2. The summed E-state index contributed by atoms with van der Waals surface area (Å²) < 4.78 is 8.49. The van der Waals surface area contributed by atoms with Crippen LogP contribution >= 0.6 is 15.9 Å². The highest BCUT2D eigenvalue weighted by molar-refractivity contribution is 9.10. The van der Waals surface area contributed by atoms with Crippen LogP contribution in [0.3, 0.4) is 0 Å². The van der Waals surface area contributed by atoms with Crippen molar-refractivity contribution in [2.45, 2.75) is 33.4 Å². The Balaban J connectivity index is 1.97. The molecule has 0 spiro atoms. The van der Waals surface area contributed by atoms with Crippen LogP contribution in [-0.2, 0) is 6.54 Å². The molecule has 1 atom stereocenters. The first kappa shape index (κ1) is 17.5. The Morgan fingerprint density at radius 2 is 2.17 bits per heavy atom. The Morgan fingerprint density at radius 3 is 2.83 bits per heavy atom. The van der Waals surface area contributed by atoms with Crippen LogP contribution in [0.5, 0.6) is 5.75 Å². The lowest BCUT2D eigenvalue weighted by molar-refractivity contribution is 0.0940. The van der Waals surface area contributed by atoms with Gasteiger partial charge in [-0.15, -0.1) is 0 Å². The van der Waals surface area contributed by atoms with E-state index in [1.54, 1.807) is 12.3 Å². The Morgan fingerprint density at radius 1 is 1.39 bits per heavy atom. The molecule has 1 aromatic heterocycles.